The predicted octanol–water partition coefficient (Wildman–Crippen LogP) is 6.52. The Balaban J connectivity index is 1.82. The Morgan fingerprint density at radius 1 is 1.16 bits per heavy atom. The monoisotopic (exact) mass is 342 g/mol. The van der Waals surface area contributed by atoms with E-state index in [0.717, 1.165) is 25.2 Å². The summed E-state index contributed by atoms with van der Waals surface area (Å²) in [5.74, 6) is 7.72. The molecule has 1 aromatic carbocycles. The molecule has 1 aromatic rings. The number of benzene rings is 1. The van der Waals surface area contributed by atoms with Gasteiger partial charge in [0.2, 0.25) is 0 Å². The van der Waals surface area contributed by atoms with Crippen molar-refractivity contribution < 1.29 is 9.13 Å². The van der Waals surface area contributed by atoms with E-state index in [1.165, 1.54) is 38.2 Å². The highest BCUT2D eigenvalue weighted by Gasteiger charge is 2.17. The zero-order valence-corrected chi connectivity index (χ0v) is 15.7. The topological polar surface area (TPSA) is 9.23 Å². The summed E-state index contributed by atoms with van der Waals surface area (Å²) in [6, 6.07) is 4.94. The molecule has 0 N–H and O–H groups in total. The predicted molar refractivity (Wildman–Crippen MR) is 103 cm³/mol. The average Bonchev–Trinajstić information content (AvgIpc) is 2.64. The van der Waals surface area contributed by atoms with Crippen molar-refractivity contribution in [2.24, 2.45) is 11.8 Å². The Labute approximate surface area is 152 Å². The Morgan fingerprint density at radius 3 is 2.64 bits per heavy atom. The third-order valence-electron chi connectivity index (χ3n) is 5.08. The highest BCUT2D eigenvalue weighted by Crippen LogP contribution is 2.31. The van der Waals surface area contributed by atoms with Crippen LogP contribution in [-0.2, 0) is 0 Å². The second-order valence-electron chi connectivity index (χ2n) is 7.01. The first-order valence-electron chi connectivity index (χ1n) is 9.83. The highest BCUT2D eigenvalue weighted by atomic mass is 19.1. The van der Waals surface area contributed by atoms with Crippen LogP contribution in [0.15, 0.2) is 30.4 Å². The lowest BCUT2D eigenvalue weighted by molar-refractivity contribution is 0.304. The minimum absolute atomic E-state index is 0.308. The van der Waals surface area contributed by atoms with E-state index in [2.05, 4.69) is 31.8 Å². The lowest BCUT2D eigenvalue weighted by atomic mass is 9.81. The molecule has 136 valence electrons. The van der Waals surface area contributed by atoms with Gasteiger partial charge in [-0.15, -0.1) is 0 Å². The van der Waals surface area contributed by atoms with Crippen molar-refractivity contribution in [3.05, 3.63) is 41.7 Å². The van der Waals surface area contributed by atoms with Gasteiger partial charge in [-0.05, 0) is 62.1 Å². The zero-order chi connectivity index (χ0) is 17.9. The van der Waals surface area contributed by atoms with Crippen LogP contribution in [0.4, 0.5) is 4.39 Å². The van der Waals surface area contributed by atoms with E-state index in [9.17, 15) is 4.39 Å². The molecule has 0 saturated heterocycles. The van der Waals surface area contributed by atoms with Gasteiger partial charge in [0.15, 0.2) is 0 Å². The summed E-state index contributed by atoms with van der Waals surface area (Å²) in [6.45, 7) is 5.07. The lowest BCUT2D eigenvalue weighted by Crippen LogP contribution is -2.11. The molecular formula is C23H31FO. The van der Waals surface area contributed by atoms with Crippen molar-refractivity contribution >= 4 is 0 Å². The van der Waals surface area contributed by atoms with Gasteiger partial charge in [-0.2, -0.15) is 0 Å². The number of halogens is 1. The van der Waals surface area contributed by atoms with Crippen molar-refractivity contribution in [2.45, 2.75) is 65.2 Å². The van der Waals surface area contributed by atoms with Crippen LogP contribution in [0.5, 0.6) is 5.75 Å². The van der Waals surface area contributed by atoms with E-state index < -0.39 is 0 Å². The van der Waals surface area contributed by atoms with Gasteiger partial charge < -0.3 is 4.74 Å². The molecule has 0 aromatic heterocycles. The van der Waals surface area contributed by atoms with Gasteiger partial charge >= 0.3 is 0 Å². The highest BCUT2D eigenvalue weighted by molar-refractivity contribution is 5.41. The van der Waals surface area contributed by atoms with E-state index in [1.54, 1.807) is 12.1 Å². The smallest absolute Gasteiger partial charge is 0.142 e. The third-order valence-corrected chi connectivity index (χ3v) is 5.08. The van der Waals surface area contributed by atoms with Crippen molar-refractivity contribution in [2.75, 3.05) is 6.61 Å². The molecule has 0 unspecified atom stereocenters. The van der Waals surface area contributed by atoms with E-state index in [0.29, 0.717) is 23.8 Å². The maximum absolute atomic E-state index is 14.1. The lowest BCUT2D eigenvalue weighted by Gasteiger charge is -2.25. The van der Waals surface area contributed by atoms with Crippen LogP contribution in [-0.4, -0.2) is 6.61 Å². The van der Waals surface area contributed by atoms with E-state index in [-0.39, 0.29) is 5.82 Å². The molecule has 1 fully saturated rings. The number of hydrogen-bond acceptors (Lipinski definition) is 1. The van der Waals surface area contributed by atoms with Crippen LogP contribution in [0.3, 0.4) is 0 Å². The minimum Gasteiger partial charge on any atom is -0.493 e. The van der Waals surface area contributed by atoms with Crippen LogP contribution in [0.2, 0.25) is 0 Å². The molecule has 0 spiro atoms. The molecular weight excluding hydrogens is 311 g/mol. The largest absolute Gasteiger partial charge is 0.493 e. The van der Waals surface area contributed by atoms with Crippen molar-refractivity contribution in [1.82, 2.24) is 0 Å². The van der Waals surface area contributed by atoms with Gasteiger partial charge in [0.05, 0.1) is 12.2 Å². The molecule has 0 atom stereocenters. The summed E-state index contributed by atoms with van der Waals surface area (Å²) >= 11 is 0. The maximum Gasteiger partial charge on any atom is 0.142 e. The number of rotatable bonds is 7. The first-order chi connectivity index (χ1) is 12.2. The summed E-state index contributed by atoms with van der Waals surface area (Å²) in [4.78, 5) is 0. The van der Waals surface area contributed by atoms with E-state index in [1.807, 2.05) is 6.08 Å². The number of ether oxygens (including phenoxy) is 1. The SMILES string of the molecule is CCCCCOc1ccc(C#C/C=C/C2CCC(CC)CC2)c(F)c1. The quantitative estimate of drug-likeness (QED) is 0.405. The van der Waals surface area contributed by atoms with Crippen LogP contribution < -0.4 is 4.74 Å². The van der Waals surface area contributed by atoms with Crippen LogP contribution >= 0.6 is 0 Å². The Morgan fingerprint density at radius 2 is 1.96 bits per heavy atom. The third kappa shape index (κ3) is 6.94. The molecule has 0 bridgehead atoms. The molecule has 1 aliphatic carbocycles. The zero-order valence-electron chi connectivity index (χ0n) is 15.7. The van der Waals surface area contributed by atoms with Crippen molar-refractivity contribution in [1.29, 1.82) is 0 Å². The molecule has 1 aliphatic rings. The molecule has 1 nitrogen and oxygen atoms in total. The summed E-state index contributed by atoms with van der Waals surface area (Å²) in [5.41, 5.74) is 0.431. The molecule has 2 heteroatoms. The fourth-order valence-electron chi connectivity index (χ4n) is 3.32. The molecule has 2 rings (SSSR count). The molecule has 0 radical (unpaired) electrons. The van der Waals surface area contributed by atoms with E-state index in [4.69, 9.17) is 4.74 Å². The van der Waals surface area contributed by atoms with Crippen LogP contribution in [0.1, 0.15) is 70.8 Å². The molecule has 0 heterocycles. The minimum atomic E-state index is -0.308. The van der Waals surface area contributed by atoms with Crippen LogP contribution in [0, 0.1) is 29.5 Å². The fraction of sp³-hybridized carbons (Fsp3) is 0.565. The summed E-state index contributed by atoms with van der Waals surface area (Å²) in [6.07, 6.45) is 13.9. The van der Waals surface area contributed by atoms with Crippen molar-refractivity contribution in [3.8, 4) is 17.6 Å². The van der Waals surface area contributed by atoms with Gasteiger partial charge in [-0.25, -0.2) is 4.39 Å². The molecule has 0 aliphatic heterocycles. The van der Waals surface area contributed by atoms with Gasteiger partial charge in [0.25, 0.3) is 0 Å². The number of allylic oxidation sites excluding steroid dienone is 2. The number of unbranched alkanes of at least 4 members (excludes halogenated alkanes) is 2. The van der Waals surface area contributed by atoms with E-state index >= 15 is 0 Å². The summed E-state index contributed by atoms with van der Waals surface area (Å²) < 4.78 is 19.6. The van der Waals surface area contributed by atoms with Crippen molar-refractivity contribution in [3.63, 3.8) is 0 Å². The Bertz CT molecular complexity index is 600. The Hall–Kier alpha value is -1.75. The van der Waals surface area contributed by atoms with Gasteiger partial charge in [0, 0.05) is 6.07 Å². The summed E-state index contributed by atoms with van der Waals surface area (Å²) in [7, 11) is 0. The van der Waals surface area contributed by atoms with Gasteiger partial charge in [-0.1, -0.05) is 51.0 Å². The standard InChI is InChI=1S/C23H31FO/c1-3-5-8-17-25-22-16-15-21(23(24)18-22)10-7-6-9-20-13-11-19(4-2)12-14-20/h6,9,15-16,18-20H,3-5,8,11-14,17H2,1-2H3/b9-6+. The first-order valence-corrected chi connectivity index (χ1v) is 9.83. The van der Waals surface area contributed by atoms with Gasteiger partial charge in [-0.3, -0.25) is 0 Å². The molecule has 1 saturated carbocycles. The summed E-state index contributed by atoms with van der Waals surface area (Å²) in [5, 5.41) is 0. The second-order valence-corrected chi connectivity index (χ2v) is 7.01. The number of hydrogen-bond donors (Lipinski definition) is 0. The molecule has 25 heavy (non-hydrogen) atoms. The Kier molecular flexibility index (Phi) is 8.60. The van der Waals surface area contributed by atoms with Crippen LogP contribution in [0.25, 0.3) is 0 Å². The molecule has 0 amide bonds. The maximum atomic E-state index is 14.1. The first kappa shape index (κ1) is 19.6. The normalized spacial score (nSPS) is 20.3. The fourth-order valence-corrected chi connectivity index (χ4v) is 3.32. The second kappa shape index (κ2) is 11.0. The van der Waals surface area contributed by atoms with Gasteiger partial charge in [0.1, 0.15) is 11.6 Å². The average molecular weight is 342 g/mol.